The van der Waals surface area contributed by atoms with Crippen LogP contribution in [0.1, 0.15) is 46.1 Å². The Morgan fingerprint density at radius 3 is 2.33 bits per heavy atom. The molecule has 1 aromatic rings. The Labute approximate surface area is 92.9 Å². The molecule has 0 unspecified atom stereocenters. The highest BCUT2D eigenvalue weighted by atomic mass is 15.0. The van der Waals surface area contributed by atoms with E-state index < -0.39 is 0 Å². The lowest BCUT2D eigenvalue weighted by molar-refractivity contribution is 0.173. The Morgan fingerprint density at radius 1 is 1.07 bits per heavy atom. The molecule has 1 heteroatoms. The zero-order valence-corrected chi connectivity index (χ0v) is 10.4. The van der Waals surface area contributed by atoms with Crippen LogP contribution in [0.2, 0.25) is 0 Å². The molecule has 0 saturated heterocycles. The molecule has 1 aromatic carbocycles. The molecule has 0 radical (unpaired) electrons. The maximum absolute atomic E-state index is 3.66. The van der Waals surface area contributed by atoms with Crippen molar-refractivity contribution in [3.8, 4) is 0 Å². The van der Waals surface area contributed by atoms with Gasteiger partial charge in [-0.25, -0.2) is 0 Å². The van der Waals surface area contributed by atoms with Crippen LogP contribution in [0.25, 0.3) is 0 Å². The van der Waals surface area contributed by atoms with Gasteiger partial charge in [-0.2, -0.15) is 0 Å². The fraction of sp³-hybridized carbons (Fsp3) is 0.571. The van der Waals surface area contributed by atoms with Gasteiger partial charge in [0.1, 0.15) is 0 Å². The van der Waals surface area contributed by atoms with Crippen LogP contribution >= 0.6 is 0 Å². The Balaban J connectivity index is 2.56. The van der Waals surface area contributed by atoms with Crippen molar-refractivity contribution >= 4 is 5.69 Å². The predicted molar refractivity (Wildman–Crippen MR) is 66.3 cm³/mol. The normalized spacial score (nSPS) is 26.6. The van der Waals surface area contributed by atoms with E-state index in [-0.39, 0.29) is 11.0 Å². The van der Waals surface area contributed by atoms with E-state index in [4.69, 9.17) is 0 Å². The van der Waals surface area contributed by atoms with E-state index in [9.17, 15) is 0 Å². The highest BCUT2D eigenvalue weighted by Gasteiger charge is 2.45. The second-order valence-electron chi connectivity index (χ2n) is 5.78. The third kappa shape index (κ3) is 1.37. The highest BCUT2D eigenvalue weighted by Crippen LogP contribution is 2.50. The van der Waals surface area contributed by atoms with Crippen molar-refractivity contribution in [2.75, 3.05) is 5.32 Å². The SMILES string of the molecule is C[C@H]1c2ccccc2NC(C)(C)C1(C)C. The maximum Gasteiger partial charge on any atom is 0.0379 e. The fourth-order valence-electron chi connectivity index (χ4n) is 2.42. The van der Waals surface area contributed by atoms with Gasteiger partial charge in [-0.05, 0) is 36.8 Å². The van der Waals surface area contributed by atoms with Gasteiger partial charge in [0.25, 0.3) is 0 Å². The first-order valence-electron chi connectivity index (χ1n) is 5.73. The zero-order chi connectivity index (χ0) is 11.3. The third-order valence-electron chi connectivity index (χ3n) is 4.57. The molecule has 1 atom stereocenters. The molecule has 1 aliphatic rings. The van der Waals surface area contributed by atoms with Crippen LogP contribution in [-0.2, 0) is 0 Å². The summed E-state index contributed by atoms with van der Waals surface area (Å²) in [6, 6.07) is 8.66. The summed E-state index contributed by atoms with van der Waals surface area (Å²) in [5, 5.41) is 3.66. The Morgan fingerprint density at radius 2 is 1.67 bits per heavy atom. The average molecular weight is 203 g/mol. The lowest BCUT2D eigenvalue weighted by atomic mass is 9.62. The fourth-order valence-corrected chi connectivity index (χ4v) is 2.42. The van der Waals surface area contributed by atoms with E-state index in [2.05, 4.69) is 64.2 Å². The van der Waals surface area contributed by atoms with Gasteiger partial charge in [0.15, 0.2) is 0 Å². The quantitative estimate of drug-likeness (QED) is 0.671. The molecule has 1 N–H and O–H groups in total. The summed E-state index contributed by atoms with van der Waals surface area (Å²) in [6.45, 7) is 11.6. The second-order valence-corrected chi connectivity index (χ2v) is 5.78. The number of nitrogens with one attached hydrogen (secondary N) is 1. The molecule has 15 heavy (non-hydrogen) atoms. The number of rotatable bonds is 0. The molecule has 2 rings (SSSR count). The summed E-state index contributed by atoms with van der Waals surface area (Å²) in [5.74, 6) is 0.588. The van der Waals surface area contributed by atoms with Gasteiger partial charge in [0.05, 0.1) is 0 Å². The number of para-hydroxylation sites is 1. The number of anilines is 1. The lowest BCUT2D eigenvalue weighted by Gasteiger charge is -2.51. The first-order chi connectivity index (χ1) is 6.86. The van der Waals surface area contributed by atoms with Crippen LogP contribution in [0.5, 0.6) is 0 Å². The van der Waals surface area contributed by atoms with Crippen molar-refractivity contribution in [1.29, 1.82) is 0 Å². The highest BCUT2D eigenvalue weighted by molar-refractivity contribution is 5.58. The molecule has 1 aliphatic heterocycles. The molecule has 0 aromatic heterocycles. The summed E-state index contributed by atoms with van der Waals surface area (Å²) in [6.07, 6.45) is 0. The lowest BCUT2D eigenvalue weighted by Crippen LogP contribution is -2.51. The van der Waals surface area contributed by atoms with Crippen LogP contribution in [0, 0.1) is 5.41 Å². The van der Waals surface area contributed by atoms with Crippen LogP contribution in [-0.4, -0.2) is 5.54 Å². The van der Waals surface area contributed by atoms with Gasteiger partial charge in [0.2, 0.25) is 0 Å². The summed E-state index contributed by atoms with van der Waals surface area (Å²) in [7, 11) is 0. The van der Waals surface area contributed by atoms with Gasteiger partial charge in [-0.1, -0.05) is 39.0 Å². The van der Waals surface area contributed by atoms with Crippen molar-refractivity contribution in [2.24, 2.45) is 5.41 Å². The third-order valence-corrected chi connectivity index (χ3v) is 4.57. The van der Waals surface area contributed by atoms with Crippen LogP contribution in [0.15, 0.2) is 24.3 Å². The predicted octanol–water partition coefficient (Wildman–Crippen LogP) is 4.02. The molecule has 1 heterocycles. The van der Waals surface area contributed by atoms with Crippen molar-refractivity contribution in [3.05, 3.63) is 29.8 Å². The van der Waals surface area contributed by atoms with Crippen molar-refractivity contribution < 1.29 is 0 Å². The molecular formula is C14H21N. The molecular weight excluding hydrogens is 182 g/mol. The Kier molecular flexibility index (Phi) is 2.11. The summed E-state index contributed by atoms with van der Waals surface area (Å²) < 4.78 is 0. The summed E-state index contributed by atoms with van der Waals surface area (Å²) in [4.78, 5) is 0. The van der Waals surface area contributed by atoms with Crippen molar-refractivity contribution in [3.63, 3.8) is 0 Å². The first kappa shape index (κ1) is 10.5. The van der Waals surface area contributed by atoms with E-state index in [1.165, 1.54) is 11.3 Å². The van der Waals surface area contributed by atoms with Gasteiger partial charge >= 0.3 is 0 Å². The number of hydrogen-bond acceptors (Lipinski definition) is 1. The maximum atomic E-state index is 3.66. The van der Waals surface area contributed by atoms with Gasteiger partial charge < -0.3 is 5.32 Å². The molecule has 82 valence electrons. The van der Waals surface area contributed by atoms with E-state index in [0.717, 1.165) is 0 Å². The largest absolute Gasteiger partial charge is 0.379 e. The molecule has 0 bridgehead atoms. The van der Waals surface area contributed by atoms with Gasteiger partial charge in [-0.3, -0.25) is 0 Å². The van der Waals surface area contributed by atoms with E-state index in [0.29, 0.717) is 5.92 Å². The van der Waals surface area contributed by atoms with Crippen LogP contribution in [0.4, 0.5) is 5.69 Å². The number of fused-ring (bicyclic) bond motifs is 1. The van der Waals surface area contributed by atoms with Gasteiger partial charge in [-0.15, -0.1) is 0 Å². The first-order valence-corrected chi connectivity index (χ1v) is 5.73. The smallest absolute Gasteiger partial charge is 0.0379 e. The topological polar surface area (TPSA) is 12.0 Å². The molecule has 1 nitrogen and oxygen atoms in total. The molecule has 0 aliphatic carbocycles. The van der Waals surface area contributed by atoms with E-state index in [1.807, 2.05) is 0 Å². The average Bonchev–Trinajstić information content (AvgIpc) is 2.15. The molecule has 0 amide bonds. The van der Waals surface area contributed by atoms with E-state index in [1.54, 1.807) is 0 Å². The second kappa shape index (κ2) is 3.01. The van der Waals surface area contributed by atoms with E-state index >= 15 is 0 Å². The zero-order valence-electron chi connectivity index (χ0n) is 10.4. The van der Waals surface area contributed by atoms with Crippen molar-refractivity contribution in [1.82, 2.24) is 0 Å². The number of hydrogen-bond donors (Lipinski definition) is 1. The van der Waals surface area contributed by atoms with Crippen LogP contribution < -0.4 is 5.32 Å². The van der Waals surface area contributed by atoms with Crippen LogP contribution in [0.3, 0.4) is 0 Å². The minimum Gasteiger partial charge on any atom is -0.379 e. The minimum atomic E-state index is 0.140. The van der Waals surface area contributed by atoms with Crippen molar-refractivity contribution in [2.45, 2.75) is 46.1 Å². The standard InChI is InChI=1S/C14H21N/c1-10-11-8-6-7-9-12(11)15-14(4,5)13(10,2)3/h6-10,15H,1-5H3/t10-/m0/s1. The molecule has 0 spiro atoms. The molecule has 0 fully saturated rings. The Bertz CT molecular complexity index is 377. The summed E-state index contributed by atoms with van der Waals surface area (Å²) >= 11 is 0. The monoisotopic (exact) mass is 203 g/mol. The molecule has 0 saturated carbocycles. The van der Waals surface area contributed by atoms with Gasteiger partial charge in [0, 0.05) is 11.2 Å². The Hall–Kier alpha value is -0.980. The number of benzene rings is 1. The minimum absolute atomic E-state index is 0.140. The summed E-state index contributed by atoms with van der Waals surface area (Å²) in [5.41, 5.74) is 3.15.